The molecule has 3 aromatic rings. The molecule has 1 aliphatic heterocycles. The second-order valence-electron chi connectivity index (χ2n) is 6.55. The molecular formula is C21H22N2O4. The molecule has 2 atom stereocenters. The number of fused-ring (bicyclic) bond motifs is 3. The van der Waals surface area contributed by atoms with E-state index in [2.05, 4.69) is 16.4 Å². The minimum absolute atomic E-state index is 0.254. The van der Waals surface area contributed by atoms with Gasteiger partial charge in [0.2, 0.25) is 0 Å². The van der Waals surface area contributed by atoms with Gasteiger partial charge in [0.25, 0.3) is 0 Å². The number of aromatic amines is 1. The van der Waals surface area contributed by atoms with Crippen LogP contribution in [-0.2, 0) is 16.0 Å². The van der Waals surface area contributed by atoms with E-state index in [1.165, 1.54) is 7.11 Å². The normalized spacial score (nSPS) is 18.8. The van der Waals surface area contributed by atoms with Crippen LogP contribution in [0.5, 0.6) is 11.5 Å². The Labute approximate surface area is 157 Å². The third-order valence-corrected chi connectivity index (χ3v) is 5.14. The molecule has 1 aromatic heterocycles. The van der Waals surface area contributed by atoms with Crippen LogP contribution in [-0.4, -0.2) is 38.3 Å². The topological polar surface area (TPSA) is 72.6 Å². The second-order valence-corrected chi connectivity index (χ2v) is 6.55. The van der Waals surface area contributed by atoms with E-state index in [1.807, 2.05) is 36.4 Å². The number of carbonyl (C=O) groups is 1. The van der Waals surface area contributed by atoms with Crippen LogP contribution in [0.4, 0.5) is 0 Å². The van der Waals surface area contributed by atoms with Crippen molar-refractivity contribution in [3.05, 3.63) is 59.3 Å². The number of nitrogens with one attached hydrogen (secondary N) is 2. The lowest BCUT2D eigenvalue weighted by molar-refractivity contribution is -0.143. The maximum atomic E-state index is 12.3. The Kier molecular flexibility index (Phi) is 4.49. The number of hydrogen-bond acceptors (Lipinski definition) is 5. The summed E-state index contributed by atoms with van der Waals surface area (Å²) in [5.74, 6) is 1.17. The summed E-state index contributed by atoms with van der Waals surface area (Å²) in [6, 6.07) is 13.1. The number of H-pyrrole nitrogens is 1. The van der Waals surface area contributed by atoms with Crippen molar-refractivity contribution in [2.24, 2.45) is 0 Å². The second kappa shape index (κ2) is 6.96. The summed E-state index contributed by atoms with van der Waals surface area (Å²) in [6.45, 7) is 0. The summed E-state index contributed by atoms with van der Waals surface area (Å²) >= 11 is 0. The molecule has 0 unspecified atom stereocenters. The number of para-hydroxylation sites is 1. The first-order valence-corrected chi connectivity index (χ1v) is 8.81. The highest BCUT2D eigenvalue weighted by molar-refractivity contribution is 5.87. The van der Waals surface area contributed by atoms with Gasteiger partial charge in [-0.2, -0.15) is 0 Å². The van der Waals surface area contributed by atoms with Gasteiger partial charge in [0.15, 0.2) is 0 Å². The zero-order chi connectivity index (χ0) is 19.0. The van der Waals surface area contributed by atoms with Crippen molar-refractivity contribution in [2.75, 3.05) is 21.3 Å². The van der Waals surface area contributed by atoms with E-state index in [4.69, 9.17) is 14.2 Å². The lowest BCUT2D eigenvalue weighted by atomic mass is 9.90. The fourth-order valence-corrected chi connectivity index (χ4v) is 3.84. The average Bonchev–Trinajstić information content (AvgIpc) is 3.10. The number of rotatable bonds is 4. The van der Waals surface area contributed by atoms with E-state index >= 15 is 0 Å². The Morgan fingerprint density at radius 1 is 1.07 bits per heavy atom. The highest BCUT2D eigenvalue weighted by atomic mass is 16.5. The van der Waals surface area contributed by atoms with Crippen LogP contribution < -0.4 is 14.8 Å². The summed E-state index contributed by atoms with van der Waals surface area (Å²) in [5.41, 5.74) is 4.09. The van der Waals surface area contributed by atoms with Gasteiger partial charge in [-0.15, -0.1) is 0 Å². The molecule has 4 rings (SSSR count). The minimum Gasteiger partial charge on any atom is -0.497 e. The number of carbonyl (C=O) groups excluding carboxylic acids is 1. The molecule has 0 bridgehead atoms. The Morgan fingerprint density at radius 3 is 2.63 bits per heavy atom. The van der Waals surface area contributed by atoms with Crippen LogP contribution in [0.3, 0.4) is 0 Å². The number of ether oxygens (including phenoxy) is 3. The van der Waals surface area contributed by atoms with Crippen LogP contribution >= 0.6 is 0 Å². The third-order valence-electron chi connectivity index (χ3n) is 5.14. The number of hydrogen-bond donors (Lipinski definition) is 2. The van der Waals surface area contributed by atoms with E-state index in [0.717, 1.165) is 39.2 Å². The fraction of sp³-hybridized carbons (Fsp3) is 0.286. The highest BCUT2D eigenvalue weighted by Gasteiger charge is 2.35. The molecule has 0 aliphatic carbocycles. The van der Waals surface area contributed by atoms with E-state index in [-0.39, 0.29) is 12.0 Å². The predicted molar refractivity (Wildman–Crippen MR) is 102 cm³/mol. The van der Waals surface area contributed by atoms with Crippen molar-refractivity contribution in [2.45, 2.75) is 18.5 Å². The van der Waals surface area contributed by atoms with Crippen molar-refractivity contribution in [1.29, 1.82) is 0 Å². The van der Waals surface area contributed by atoms with Gasteiger partial charge in [0.05, 0.1) is 27.4 Å². The van der Waals surface area contributed by atoms with Gasteiger partial charge in [-0.25, -0.2) is 0 Å². The van der Waals surface area contributed by atoms with Gasteiger partial charge in [-0.3, -0.25) is 10.1 Å². The van der Waals surface area contributed by atoms with Crippen LogP contribution in [0.2, 0.25) is 0 Å². The van der Waals surface area contributed by atoms with E-state index in [0.29, 0.717) is 6.42 Å². The largest absolute Gasteiger partial charge is 0.497 e. The molecule has 1 aliphatic rings. The van der Waals surface area contributed by atoms with Gasteiger partial charge >= 0.3 is 5.97 Å². The third kappa shape index (κ3) is 2.92. The molecule has 140 valence electrons. The number of benzene rings is 2. The first-order chi connectivity index (χ1) is 13.2. The molecular weight excluding hydrogens is 344 g/mol. The molecule has 0 fully saturated rings. The number of esters is 1. The van der Waals surface area contributed by atoms with Crippen molar-refractivity contribution >= 4 is 16.9 Å². The van der Waals surface area contributed by atoms with Gasteiger partial charge in [-0.05, 0) is 29.8 Å². The van der Waals surface area contributed by atoms with Crippen LogP contribution in [0, 0.1) is 0 Å². The lowest BCUT2D eigenvalue weighted by Crippen LogP contribution is -2.45. The van der Waals surface area contributed by atoms with Crippen molar-refractivity contribution in [3.8, 4) is 11.5 Å². The van der Waals surface area contributed by atoms with E-state index < -0.39 is 6.04 Å². The zero-order valence-electron chi connectivity index (χ0n) is 15.5. The molecule has 2 aromatic carbocycles. The van der Waals surface area contributed by atoms with E-state index in [1.54, 1.807) is 14.2 Å². The maximum Gasteiger partial charge on any atom is 0.323 e. The summed E-state index contributed by atoms with van der Waals surface area (Å²) in [4.78, 5) is 15.9. The summed E-state index contributed by atoms with van der Waals surface area (Å²) < 4.78 is 16.0. The SMILES string of the molecule is COC(=O)[C@H]1Cc2c([nH]c3ccccc23)[C@H](c2cc(OC)ccc2OC)N1. The summed E-state index contributed by atoms with van der Waals surface area (Å²) in [6.07, 6.45) is 0.564. The Bertz CT molecular complexity index is 995. The van der Waals surface area contributed by atoms with Gasteiger partial charge in [0, 0.05) is 28.6 Å². The van der Waals surface area contributed by atoms with Crippen LogP contribution in [0.1, 0.15) is 22.9 Å². The maximum absolute atomic E-state index is 12.3. The van der Waals surface area contributed by atoms with Crippen molar-refractivity contribution < 1.29 is 19.0 Å². The predicted octanol–water partition coefficient (Wildman–Crippen LogP) is 2.96. The molecule has 0 saturated carbocycles. The van der Waals surface area contributed by atoms with Gasteiger partial charge < -0.3 is 19.2 Å². The quantitative estimate of drug-likeness (QED) is 0.695. The Balaban J connectivity index is 1.91. The Morgan fingerprint density at radius 2 is 1.89 bits per heavy atom. The van der Waals surface area contributed by atoms with Crippen molar-refractivity contribution in [3.63, 3.8) is 0 Å². The van der Waals surface area contributed by atoms with Gasteiger partial charge in [-0.1, -0.05) is 18.2 Å². The first kappa shape index (κ1) is 17.4. The standard InChI is InChI=1S/C21H22N2O4/c1-25-12-8-9-18(26-2)15(10-12)20-19-14(11-17(23-20)21(24)27-3)13-6-4-5-7-16(13)22-19/h4-10,17,20,22-23H,11H2,1-3H3/t17-,20+/m1/s1. The molecule has 6 nitrogen and oxygen atoms in total. The van der Waals surface area contributed by atoms with Crippen molar-refractivity contribution in [1.82, 2.24) is 10.3 Å². The molecule has 0 radical (unpaired) electrons. The molecule has 0 amide bonds. The molecule has 2 heterocycles. The number of methoxy groups -OCH3 is 3. The fourth-order valence-electron chi connectivity index (χ4n) is 3.84. The summed E-state index contributed by atoms with van der Waals surface area (Å²) in [5, 5.41) is 4.54. The first-order valence-electron chi connectivity index (χ1n) is 8.81. The lowest BCUT2D eigenvalue weighted by Gasteiger charge is -2.31. The smallest absolute Gasteiger partial charge is 0.323 e. The summed E-state index contributed by atoms with van der Waals surface area (Å²) in [7, 11) is 4.68. The molecule has 6 heteroatoms. The average molecular weight is 366 g/mol. The monoisotopic (exact) mass is 366 g/mol. The molecule has 2 N–H and O–H groups in total. The number of aromatic nitrogens is 1. The van der Waals surface area contributed by atoms with E-state index in [9.17, 15) is 4.79 Å². The molecule has 27 heavy (non-hydrogen) atoms. The molecule has 0 spiro atoms. The van der Waals surface area contributed by atoms with Crippen LogP contribution in [0.25, 0.3) is 10.9 Å². The highest BCUT2D eigenvalue weighted by Crippen LogP contribution is 2.39. The van der Waals surface area contributed by atoms with Gasteiger partial charge in [0.1, 0.15) is 17.5 Å². The molecule has 0 saturated heterocycles. The van der Waals surface area contributed by atoms with Crippen LogP contribution in [0.15, 0.2) is 42.5 Å². The Hall–Kier alpha value is -2.99. The zero-order valence-corrected chi connectivity index (χ0v) is 15.5. The minimum atomic E-state index is -0.442.